The maximum atomic E-state index is 5.78. The minimum Gasteiger partial charge on any atom is -0.378 e. The fourth-order valence-electron chi connectivity index (χ4n) is 2.04. The van der Waals surface area contributed by atoms with Crippen LogP contribution in [0.25, 0.3) is 0 Å². The summed E-state index contributed by atoms with van der Waals surface area (Å²) in [5.74, 6) is 0.640. The summed E-state index contributed by atoms with van der Waals surface area (Å²) in [5, 5.41) is 6.55. The molecule has 4 nitrogen and oxygen atoms in total. The molecule has 1 fully saturated rings. The van der Waals surface area contributed by atoms with Gasteiger partial charge in [0.1, 0.15) is 5.01 Å². The normalized spacial score (nSPS) is 26.3. The smallest absolute Gasteiger partial charge is 0.109 e. The van der Waals surface area contributed by atoms with Crippen LogP contribution < -0.4 is 11.1 Å². The van der Waals surface area contributed by atoms with Crippen molar-refractivity contribution in [3.8, 4) is 0 Å². The zero-order chi connectivity index (χ0) is 12.3. The Labute approximate surface area is 107 Å². The van der Waals surface area contributed by atoms with E-state index in [1.807, 2.05) is 6.92 Å². The van der Waals surface area contributed by atoms with Gasteiger partial charge in [0.2, 0.25) is 0 Å². The van der Waals surface area contributed by atoms with Crippen molar-refractivity contribution in [2.45, 2.75) is 39.0 Å². The summed E-state index contributed by atoms with van der Waals surface area (Å²) in [6.07, 6.45) is 1.55. The number of nitrogens with two attached hydrogens (primary N) is 1. The molecule has 0 aliphatic carbocycles. The van der Waals surface area contributed by atoms with Crippen LogP contribution in [0.3, 0.4) is 0 Å². The second-order valence-electron chi connectivity index (χ2n) is 4.72. The lowest BCUT2D eigenvalue weighted by atomic mass is 10.0. The Bertz CT molecular complexity index is 353. The van der Waals surface area contributed by atoms with E-state index in [2.05, 4.69) is 22.6 Å². The number of nitrogens with one attached hydrogen (secondary N) is 1. The molecule has 2 heterocycles. The standard InChI is InChI=1S/C12H21N3OS/c1-8(13)12-15-11(7-17-12)6-14-5-10-3-4-16-9(10)2/h7-10,14H,3-6,13H2,1-2H3. The molecule has 1 aliphatic rings. The third kappa shape index (κ3) is 3.48. The summed E-state index contributed by atoms with van der Waals surface area (Å²) in [6.45, 7) is 6.85. The Balaban J connectivity index is 1.74. The first-order chi connectivity index (χ1) is 8.16. The predicted octanol–water partition coefficient (Wildman–Crippen LogP) is 1.68. The Hall–Kier alpha value is -0.490. The highest BCUT2D eigenvalue weighted by molar-refractivity contribution is 7.09. The lowest BCUT2D eigenvalue weighted by Crippen LogP contribution is -2.26. The van der Waals surface area contributed by atoms with Crippen molar-refractivity contribution in [2.75, 3.05) is 13.2 Å². The first-order valence-corrected chi connectivity index (χ1v) is 7.07. The highest BCUT2D eigenvalue weighted by Gasteiger charge is 2.23. The Kier molecular flexibility index (Phi) is 4.50. The fourth-order valence-corrected chi connectivity index (χ4v) is 2.82. The Morgan fingerprint density at radius 1 is 1.71 bits per heavy atom. The van der Waals surface area contributed by atoms with Crippen molar-refractivity contribution in [1.82, 2.24) is 10.3 Å². The summed E-state index contributed by atoms with van der Waals surface area (Å²) in [7, 11) is 0. The number of aromatic nitrogens is 1. The van der Waals surface area contributed by atoms with Gasteiger partial charge in [-0.15, -0.1) is 11.3 Å². The van der Waals surface area contributed by atoms with Gasteiger partial charge in [0, 0.05) is 25.1 Å². The molecule has 17 heavy (non-hydrogen) atoms. The molecule has 96 valence electrons. The van der Waals surface area contributed by atoms with Gasteiger partial charge < -0.3 is 15.8 Å². The molecule has 3 N–H and O–H groups in total. The van der Waals surface area contributed by atoms with Crippen LogP contribution in [0.2, 0.25) is 0 Å². The molecule has 1 aliphatic heterocycles. The molecule has 5 heteroatoms. The molecular weight excluding hydrogens is 234 g/mol. The number of nitrogens with zero attached hydrogens (tertiary/aromatic N) is 1. The van der Waals surface area contributed by atoms with E-state index in [-0.39, 0.29) is 6.04 Å². The average Bonchev–Trinajstić information content (AvgIpc) is 2.89. The maximum absolute atomic E-state index is 5.78. The Morgan fingerprint density at radius 3 is 3.12 bits per heavy atom. The molecule has 0 bridgehead atoms. The van der Waals surface area contributed by atoms with Gasteiger partial charge in [-0.25, -0.2) is 4.98 Å². The molecule has 0 amide bonds. The van der Waals surface area contributed by atoms with E-state index in [4.69, 9.17) is 10.5 Å². The van der Waals surface area contributed by atoms with Crippen molar-refractivity contribution < 1.29 is 4.74 Å². The van der Waals surface area contributed by atoms with Crippen molar-refractivity contribution in [3.05, 3.63) is 16.1 Å². The van der Waals surface area contributed by atoms with Gasteiger partial charge in [0.05, 0.1) is 17.8 Å². The molecular formula is C12H21N3OS. The topological polar surface area (TPSA) is 60.2 Å². The summed E-state index contributed by atoms with van der Waals surface area (Å²) in [5.41, 5.74) is 6.88. The first-order valence-electron chi connectivity index (χ1n) is 6.19. The van der Waals surface area contributed by atoms with Crippen LogP contribution in [-0.2, 0) is 11.3 Å². The van der Waals surface area contributed by atoms with Crippen LogP contribution in [0.5, 0.6) is 0 Å². The number of hydrogen-bond donors (Lipinski definition) is 2. The van der Waals surface area contributed by atoms with Crippen molar-refractivity contribution in [1.29, 1.82) is 0 Å². The van der Waals surface area contributed by atoms with Crippen LogP contribution in [0.1, 0.15) is 37.0 Å². The lowest BCUT2D eigenvalue weighted by Gasteiger charge is -2.13. The molecule has 1 saturated heterocycles. The SMILES string of the molecule is CC(N)c1nc(CNCC2CCOC2C)cs1. The molecule has 1 aromatic rings. The number of thiazole rings is 1. The second-order valence-corrected chi connectivity index (χ2v) is 5.61. The molecule has 0 spiro atoms. The van der Waals surface area contributed by atoms with E-state index < -0.39 is 0 Å². The minimum atomic E-state index is 0.0389. The second kappa shape index (κ2) is 5.91. The number of hydrogen-bond acceptors (Lipinski definition) is 5. The van der Waals surface area contributed by atoms with E-state index in [1.165, 1.54) is 0 Å². The maximum Gasteiger partial charge on any atom is 0.109 e. The van der Waals surface area contributed by atoms with Crippen LogP contribution in [0, 0.1) is 5.92 Å². The minimum absolute atomic E-state index is 0.0389. The molecule has 0 saturated carbocycles. The van der Waals surface area contributed by atoms with Crippen LogP contribution in [0.15, 0.2) is 5.38 Å². The Morgan fingerprint density at radius 2 is 2.53 bits per heavy atom. The van der Waals surface area contributed by atoms with Gasteiger partial charge >= 0.3 is 0 Å². The molecule has 3 atom stereocenters. The summed E-state index contributed by atoms with van der Waals surface area (Å²) in [4.78, 5) is 4.49. The van der Waals surface area contributed by atoms with Crippen LogP contribution in [0.4, 0.5) is 0 Å². The van der Waals surface area contributed by atoms with Gasteiger partial charge in [0.25, 0.3) is 0 Å². The summed E-state index contributed by atoms with van der Waals surface area (Å²) >= 11 is 1.64. The largest absolute Gasteiger partial charge is 0.378 e. The van der Waals surface area contributed by atoms with Gasteiger partial charge in [0.15, 0.2) is 0 Å². The predicted molar refractivity (Wildman–Crippen MR) is 69.9 cm³/mol. The monoisotopic (exact) mass is 255 g/mol. The average molecular weight is 255 g/mol. The van der Waals surface area contributed by atoms with E-state index in [9.17, 15) is 0 Å². The zero-order valence-corrected chi connectivity index (χ0v) is 11.3. The van der Waals surface area contributed by atoms with Crippen LogP contribution in [-0.4, -0.2) is 24.2 Å². The quantitative estimate of drug-likeness (QED) is 0.840. The fraction of sp³-hybridized carbons (Fsp3) is 0.750. The van der Waals surface area contributed by atoms with Crippen molar-refractivity contribution >= 4 is 11.3 Å². The highest BCUT2D eigenvalue weighted by Crippen LogP contribution is 2.20. The lowest BCUT2D eigenvalue weighted by molar-refractivity contribution is 0.105. The van der Waals surface area contributed by atoms with Crippen molar-refractivity contribution in [3.63, 3.8) is 0 Å². The van der Waals surface area contributed by atoms with Gasteiger partial charge in [-0.1, -0.05) is 0 Å². The zero-order valence-electron chi connectivity index (χ0n) is 10.5. The van der Waals surface area contributed by atoms with Gasteiger partial charge in [-0.3, -0.25) is 0 Å². The summed E-state index contributed by atoms with van der Waals surface area (Å²) < 4.78 is 5.53. The van der Waals surface area contributed by atoms with E-state index in [1.54, 1.807) is 11.3 Å². The number of rotatable bonds is 5. The molecule has 2 rings (SSSR count). The van der Waals surface area contributed by atoms with Gasteiger partial charge in [-0.2, -0.15) is 0 Å². The molecule has 0 aromatic carbocycles. The first kappa shape index (κ1) is 13.0. The highest BCUT2D eigenvalue weighted by atomic mass is 32.1. The summed E-state index contributed by atoms with van der Waals surface area (Å²) in [6, 6.07) is 0.0389. The van der Waals surface area contributed by atoms with Crippen molar-refractivity contribution in [2.24, 2.45) is 11.7 Å². The van der Waals surface area contributed by atoms with Crippen LogP contribution >= 0.6 is 11.3 Å². The van der Waals surface area contributed by atoms with E-state index >= 15 is 0 Å². The van der Waals surface area contributed by atoms with Gasteiger partial charge in [-0.05, 0) is 26.2 Å². The van der Waals surface area contributed by atoms with E-state index in [0.717, 1.165) is 36.8 Å². The molecule has 0 radical (unpaired) electrons. The number of ether oxygens (including phenoxy) is 1. The molecule has 1 aromatic heterocycles. The van der Waals surface area contributed by atoms with E-state index in [0.29, 0.717) is 12.0 Å². The third-order valence-corrected chi connectivity index (χ3v) is 4.30. The third-order valence-electron chi connectivity index (χ3n) is 3.20. The molecule has 3 unspecified atom stereocenters.